The molecule has 2 N–H and O–H groups in total. The van der Waals surface area contributed by atoms with E-state index >= 15 is 0 Å². The normalized spacial score (nSPS) is 10.6. The summed E-state index contributed by atoms with van der Waals surface area (Å²) in [5.74, 6) is -0.376. The monoisotopic (exact) mass is 196 g/mol. The largest absolute Gasteiger partial charge is 0.465 e. The Labute approximate surface area is 86.6 Å². The highest BCUT2D eigenvalue weighted by Gasteiger charge is 1.96. The minimum absolute atomic E-state index is 0.0254. The molecular weight excluding hydrogens is 179 g/mol. The number of nitrogens with two attached hydrogens (primary N) is 1. The third kappa shape index (κ3) is 10.7. The first-order chi connectivity index (χ1) is 6.70. The van der Waals surface area contributed by atoms with Crippen LogP contribution < -0.4 is 5.73 Å². The maximum Gasteiger partial charge on any atom is 0.327 e. The number of carbonyl (C=O) groups is 1. The lowest BCUT2D eigenvalue weighted by Crippen LogP contribution is -2.07. The molecule has 0 atom stereocenters. The smallest absolute Gasteiger partial charge is 0.327 e. The average Bonchev–Trinajstić information content (AvgIpc) is 2.21. The molecule has 5 heteroatoms. The van der Waals surface area contributed by atoms with Gasteiger partial charge in [0.15, 0.2) is 0 Å². The number of esters is 1. The van der Waals surface area contributed by atoms with Gasteiger partial charge in [-0.3, -0.25) is 9.79 Å². The summed E-state index contributed by atoms with van der Waals surface area (Å²) in [5.41, 5.74) is 5.37. The van der Waals surface area contributed by atoms with E-state index in [9.17, 15) is 4.79 Å². The molecule has 4 nitrogen and oxygen atoms in total. The number of hydrogen-bond donors (Lipinski definition) is 1. The lowest BCUT2D eigenvalue weighted by molar-refractivity contribution is -0.141. The molecule has 0 aromatic carbocycles. The third-order valence-corrected chi connectivity index (χ3v) is 0.959. The highest BCUT2D eigenvalue weighted by Crippen LogP contribution is 1.81. The Kier molecular flexibility index (Phi) is 12.8. The van der Waals surface area contributed by atoms with E-state index in [1.165, 1.54) is 12.4 Å². The van der Waals surface area contributed by atoms with Gasteiger partial charge in [-0.05, 0) is 13.1 Å². The van der Waals surface area contributed by atoms with Crippen molar-refractivity contribution >= 4 is 20.0 Å². The van der Waals surface area contributed by atoms with Gasteiger partial charge in [-0.15, -0.1) is 0 Å². The molecule has 14 heavy (non-hydrogen) atoms. The molecule has 0 saturated heterocycles. The van der Waals surface area contributed by atoms with Crippen molar-refractivity contribution in [1.82, 2.24) is 0 Å². The quantitative estimate of drug-likeness (QED) is 0.407. The van der Waals surface area contributed by atoms with Gasteiger partial charge >= 0.3 is 5.97 Å². The van der Waals surface area contributed by atoms with Crippen molar-refractivity contribution in [2.24, 2.45) is 10.7 Å². The fraction of sp³-hybridized carbons (Fsp3) is 0.556. The summed E-state index contributed by atoms with van der Waals surface area (Å²) < 4.78 is 4.61. The molecule has 0 amide bonds. The molecule has 0 rings (SSSR count). The van der Waals surface area contributed by atoms with Crippen LogP contribution in [0, 0.1) is 0 Å². The Hall–Kier alpha value is -1.26. The van der Waals surface area contributed by atoms with Crippen LogP contribution in [0.3, 0.4) is 0 Å². The SMILES string of the molecule is CC.[B]/C(C=NCC(=O)OCC)=C/N. The summed E-state index contributed by atoms with van der Waals surface area (Å²) in [7, 11) is 5.27. The zero-order valence-corrected chi connectivity index (χ0v) is 8.99. The van der Waals surface area contributed by atoms with Gasteiger partial charge in [0.2, 0.25) is 0 Å². The fourth-order valence-electron chi connectivity index (χ4n) is 0.475. The van der Waals surface area contributed by atoms with Gasteiger partial charge in [0.05, 0.1) is 6.61 Å². The molecule has 0 unspecified atom stereocenters. The molecular formula is C9H17BN2O2. The molecule has 0 aliphatic heterocycles. The van der Waals surface area contributed by atoms with Gasteiger partial charge in [0, 0.05) is 6.21 Å². The lowest BCUT2D eigenvalue weighted by Gasteiger charge is -1.96. The Bertz CT molecular complexity index is 203. The van der Waals surface area contributed by atoms with Gasteiger partial charge in [-0.1, -0.05) is 19.3 Å². The lowest BCUT2D eigenvalue weighted by atomic mass is 9.99. The van der Waals surface area contributed by atoms with Gasteiger partial charge in [-0.25, -0.2) is 0 Å². The number of aliphatic imine (C=N–C) groups is 1. The maximum absolute atomic E-state index is 10.7. The topological polar surface area (TPSA) is 64.7 Å². The van der Waals surface area contributed by atoms with Crippen molar-refractivity contribution in [3.05, 3.63) is 11.7 Å². The molecule has 0 spiro atoms. The van der Waals surface area contributed by atoms with Crippen molar-refractivity contribution in [2.75, 3.05) is 13.2 Å². The Morgan fingerprint density at radius 1 is 1.57 bits per heavy atom. The number of rotatable bonds is 4. The number of allylic oxidation sites excluding steroid dienone is 1. The van der Waals surface area contributed by atoms with Gasteiger partial charge < -0.3 is 10.5 Å². The predicted molar refractivity (Wildman–Crippen MR) is 59.4 cm³/mol. The maximum atomic E-state index is 10.7. The summed E-state index contributed by atoms with van der Waals surface area (Å²) in [6.07, 6.45) is 2.52. The summed E-state index contributed by atoms with van der Waals surface area (Å²) in [6.45, 7) is 6.06. The van der Waals surface area contributed by atoms with E-state index in [2.05, 4.69) is 9.73 Å². The molecule has 2 radical (unpaired) electrons. The van der Waals surface area contributed by atoms with Crippen molar-refractivity contribution in [1.29, 1.82) is 0 Å². The molecule has 0 fully saturated rings. The molecule has 0 aromatic rings. The van der Waals surface area contributed by atoms with Crippen molar-refractivity contribution < 1.29 is 9.53 Å². The number of carbonyl (C=O) groups excluding carboxylic acids is 1. The van der Waals surface area contributed by atoms with E-state index in [0.29, 0.717) is 12.1 Å². The molecule has 78 valence electrons. The first-order valence-corrected chi connectivity index (χ1v) is 4.53. The highest BCUT2D eigenvalue weighted by molar-refractivity contribution is 6.32. The summed E-state index contributed by atoms with van der Waals surface area (Å²) in [6, 6.07) is 0. The molecule has 0 aliphatic rings. The molecule has 0 saturated carbocycles. The van der Waals surface area contributed by atoms with Gasteiger partial charge in [0.1, 0.15) is 14.4 Å². The van der Waals surface area contributed by atoms with Crippen molar-refractivity contribution in [3.8, 4) is 0 Å². The predicted octanol–water partition coefficient (Wildman–Crippen LogP) is 0.615. The Morgan fingerprint density at radius 2 is 2.14 bits per heavy atom. The highest BCUT2D eigenvalue weighted by atomic mass is 16.5. The van der Waals surface area contributed by atoms with Gasteiger partial charge in [0.25, 0.3) is 0 Å². The fourth-order valence-corrected chi connectivity index (χ4v) is 0.475. The van der Waals surface area contributed by atoms with E-state index in [1.807, 2.05) is 13.8 Å². The number of ether oxygens (including phenoxy) is 1. The van der Waals surface area contributed by atoms with E-state index in [1.54, 1.807) is 6.92 Å². The van der Waals surface area contributed by atoms with Crippen LogP contribution in [0.5, 0.6) is 0 Å². The van der Waals surface area contributed by atoms with Crippen molar-refractivity contribution in [3.63, 3.8) is 0 Å². The third-order valence-electron chi connectivity index (χ3n) is 0.959. The van der Waals surface area contributed by atoms with Crippen LogP contribution in [0.4, 0.5) is 0 Å². The van der Waals surface area contributed by atoms with Crippen LogP contribution in [0.25, 0.3) is 0 Å². The van der Waals surface area contributed by atoms with Crippen LogP contribution in [0.15, 0.2) is 16.7 Å². The average molecular weight is 196 g/mol. The Balaban J connectivity index is 0. The number of hydrogen-bond acceptors (Lipinski definition) is 4. The molecule has 0 aliphatic carbocycles. The minimum Gasteiger partial charge on any atom is -0.465 e. The number of nitrogens with zero attached hydrogens (tertiary/aromatic N) is 1. The van der Waals surface area contributed by atoms with Crippen LogP contribution in [-0.2, 0) is 9.53 Å². The van der Waals surface area contributed by atoms with E-state index in [-0.39, 0.29) is 12.5 Å². The zero-order valence-electron chi connectivity index (χ0n) is 8.99. The zero-order chi connectivity index (χ0) is 11.4. The summed E-state index contributed by atoms with van der Waals surface area (Å²) in [4.78, 5) is 14.4. The second kappa shape index (κ2) is 11.7. The second-order valence-corrected chi connectivity index (χ2v) is 1.94. The molecule has 0 heterocycles. The van der Waals surface area contributed by atoms with Crippen LogP contribution in [0.2, 0.25) is 0 Å². The first-order valence-electron chi connectivity index (χ1n) is 4.53. The van der Waals surface area contributed by atoms with Crippen molar-refractivity contribution in [2.45, 2.75) is 20.8 Å². The van der Waals surface area contributed by atoms with Crippen LogP contribution >= 0.6 is 0 Å². The van der Waals surface area contributed by atoms with E-state index in [0.717, 1.165) is 0 Å². The minimum atomic E-state index is -0.376. The van der Waals surface area contributed by atoms with Crippen LogP contribution in [0.1, 0.15) is 20.8 Å². The van der Waals surface area contributed by atoms with Gasteiger partial charge in [-0.2, -0.15) is 0 Å². The second-order valence-electron chi connectivity index (χ2n) is 1.94. The summed E-state index contributed by atoms with van der Waals surface area (Å²) in [5, 5.41) is 0. The molecule has 0 aromatic heterocycles. The van der Waals surface area contributed by atoms with Crippen LogP contribution in [-0.4, -0.2) is 33.2 Å². The molecule has 0 bridgehead atoms. The standard InChI is InChI=1S/C7H11BN2O2.C2H6/c1-2-12-7(11)5-10-4-6(8)3-9;1-2/h3-4H,2,5,9H2,1H3;1-2H3/b6-3+,10-4?;. The Morgan fingerprint density at radius 3 is 2.57 bits per heavy atom. The first kappa shape index (κ1) is 15.2. The van der Waals surface area contributed by atoms with E-state index in [4.69, 9.17) is 13.6 Å². The summed E-state index contributed by atoms with van der Waals surface area (Å²) >= 11 is 0. The van der Waals surface area contributed by atoms with E-state index < -0.39 is 0 Å².